The van der Waals surface area contributed by atoms with Crippen LogP contribution in [0.5, 0.6) is 5.75 Å². The molecule has 0 bridgehead atoms. The van der Waals surface area contributed by atoms with Crippen LogP contribution in [0, 0.1) is 5.82 Å². The van der Waals surface area contributed by atoms with Crippen LogP contribution in [0.3, 0.4) is 0 Å². The van der Waals surface area contributed by atoms with Crippen molar-refractivity contribution in [2.24, 2.45) is 0 Å². The summed E-state index contributed by atoms with van der Waals surface area (Å²) in [7, 11) is 1.61. The van der Waals surface area contributed by atoms with Crippen molar-refractivity contribution in [1.82, 2.24) is 10.2 Å². The van der Waals surface area contributed by atoms with Crippen LogP contribution in [0.25, 0.3) is 0 Å². The number of nitrogens with zero attached hydrogens (tertiary/aromatic N) is 1. The summed E-state index contributed by atoms with van der Waals surface area (Å²) in [6.45, 7) is 5.76. The summed E-state index contributed by atoms with van der Waals surface area (Å²) in [4.78, 5) is 2.31. The number of methoxy groups -OCH3 is 1. The van der Waals surface area contributed by atoms with E-state index in [4.69, 9.17) is 4.74 Å². The van der Waals surface area contributed by atoms with Crippen molar-refractivity contribution >= 4 is 15.9 Å². The van der Waals surface area contributed by atoms with Gasteiger partial charge in [-0.1, -0.05) is 0 Å². The van der Waals surface area contributed by atoms with Gasteiger partial charge in [0.1, 0.15) is 11.6 Å². The van der Waals surface area contributed by atoms with Gasteiger partial charge in [0.15, 0.2) is 0 Å². The van der Waals surface area contributed by atoms with Gasteiger partial charge in [0.2, 0.25) is 0 Å². The minimum atomic E-state index is -0.242. The predicted octanol–water partition coefficient (Wildman–Crippen LogP) is 2.39. The van der Waals surface area contributed by atoms with Gasteiger partial charge < -0.3 is 10.1 Å². The van der Waals surface area contributed by atoms with Gasteiger partial charge in [0, 0.05) is 37.8 Å². The van der Waals surface area contributed by atoms with Gasteiger partial charge in [-0.15, -0.1) is 0 Å². The standard InChI is InChI=1S/C13H18BrFN2O/c1-9-7-17(6-5-16-9)8-10-12(18-2)4-3-11(15)13(10)14/h3-4,9,16H,5-8H2,1-2H3/t9-/m1/s1. The van der Waals surface area contributed by atoms with E-state index in [1.165, 1.54) is 6.07 Å². The second-order valence-corrected chi connectivity index (χ2v) is 5.43. The first kappa shape index (κ1) is 13.8. The Morgan fingerprint density at radius 3 is 3.00 bits per heavy atom. The molecule has 1 fully saturated rings. The lowest BCUT2D eigenvalue weighted by Gasteiger charge is -2.32. The van der Waals surface area contributed by atoms with Crippen molar-refractivity contribution < 1.29 is 9.13 Å². The van der Waals surface area contributed by atoms with E-state index in [-0.39, 0.29) is 5.82 Å². The highest BCUT2D eigenvalue weighted by Crippen LogP contribution is 2.30. The molecular weight excluding hydrogens is 299 g/mol. The number of nitrogens with one attached hydrogen (secondary N) is 1. The van der Waals surface area contributed by atoms with Gasteiger partial charge in [0.25, 0.3) is 0 Å². The highest BCUT2D eigenvalue weighted by Gasteiger charge is 2.19. The van der Waals surface area contributed by atoms with E-state index in [0.717, 1.165) is 30.9 Å². The molecule has 0 unspecified atom stereocenters. The summed E-state index contributed by atoms with van der Waals surface area (Å²) in [5.74, 6) is 0.489. The molecule has 100 valence electrons. The number of hydrogen-bond acceptors (Lipinski definition) is 3. The zero-order valence-corrected chi connectivity index (χ0v) is 12.3. The molecule has 1 heterocycles. The zero-order valence-electron chi connectivity index (χ0n) is 10.7. The molecule has 1 aromatic rings. The number of rotatable bonds is 3. The summed E-state index contributed by atoms with van der Waals surface area (Å²) in [5, 5.41) is 3.39. The maximum absolute atomic E-state index is 13.6. The van der Waals surface area contributed by atoms with Crippen LogP contribution in [-0.2, 0) is 6.54 Å². The number of halogens is 2. The second kappa shape index (κ2) is 5.99. The lowest BCUT2D eigenvalue weighted by Crippen LogP contribution is -2.48. The fourth-order valence-corrected chi connectivity index (χ4v) is 2.75. The Hall–Kier alpha value is -0.650. The van der Waals surface area contributed by atoms with Crippen LogP contribution < -0.4 is 10.1 Å². The third-order valence-corrected chi connectivity index (χ3v) is 4.07. The summed E-state index contributed by atoms with van der Waals surface area (Å²) in [6.07, 6.45) is 0. The molecule has 0 saturated carbocycles. The Bertz CT molecular complexity index is 428. The van der Waals surface area contributed by atoms with E-state index in [0.29, 0.717) is 17.1 Å². The monoisotopic (exact) mass is 316 g/mol. The van der Waals surface area contributed by atoms with E-state index >= 15 is 0 Å². The summed E-state index contributed by atoms with van der Waals surface area (Å²) >= 11 is 3.32. The maximum Gasteiger partial charge on any atom is 0.137 e. The van der Waals surface area contributed by atoms with Gasteiger partial charge in [-0.05, 0) is 35.0 Å². The first-order valence-corrected chi connectivity index (χ1v) is 6.87. The van der Waals surface area contributed by atoms with Crippen molar-refractivity contribution in [3.8, 4) is 5.75 Å². The van der Waals surface area contributed by atoms with E-state index in [9.17, 15) is 4.39 Å². The molecule has 1 N–H and O–H groups in total. The van der Waals surface area contributed by atoms with Gasteiger partial charge in [-0.2, -0.15) is 0 Å². The Kier molecular flexibility index (Phi) is 4.59. The molecule has 1 aliphatic heterocycles. The minimum absolute atomic E-state index is 0.242. The van der Waals surface area contributed by atoms with Crippen molar-refractivity contribution in [2.75, 3.05) is 26.7 Å². The normalized spacial score (nSPS) is 21.0. The Morgan fingerprint density at radius 1 is 1.56 bits per heavy atom. The molecule has 0 aromatic heterocycles. The van der Waals surface area contributed by atoms with Crippen LogP contribution >= 0.6 is 15.9 Å². The SMILES string of the molecule is COc1ccc(F)c(Br)c1CN1CCN[C@H](C)C1. The quantitative estimate of drug-likeness (QED) is 0.926. The Morgan fingerprint density at radius 2 is 2.33 bits per heavy atom. The first-order valence-electron chi connectivity index (χ1n) is 6.08. The fourth-order valence-electron chi connectivity index (χ4n) is 2.29. The molecule has 2 rings (SSSR count). The predicted molar refractivity (Wildman–Crippen MR) is 73.4 cm³/mol. The van der Waals surface area contributed by atoms with Gasteiger partial charge in [0.05, 0.1) is 11.6 Å². The van der Waals surface area contributed by atoms with Crippen LogP contribution in [0.15, 0.2) is 16.6 Å². The smallest absolute Gasteiger partial charge is 0.137 e. The average Bonchev–Trinajstić information content (AvgIpc) is 2.35. The summed E-state index contributed by atoms with van der Waals surface area (Å²) in [6, 6.07) is 3.57. The minimum Gasteiger partial charge on any atom is -0.496 e. The molecule has 1 atom stereocenters. The van der Waals surface area contributed by atoms with Gasteiger partial charge in [-0.3, -0.25) is 4.90 Å². The molecule has 5 heteroatoms. The van der Waals surface area contributed by atoms with E-state index in [1.54, 1.807) is 13.2 Å². The average molecular weight is 317 g/mol. The van der Waals surface area contributed by atoms with Crippen molar-refractivity contribution in [3.63, 3.8) is 0 Å². The molecule has 0 aliphatic carbocycles. The van der Waals surface area contributed by atoms with Gasteiger partial charge in [-0.25, -0.2) is 4.39 Å². The third-order valence-electron chi connectivity index (χ3n) is 3.21. The van der Waals surface area contributed by atoms with Crippen molar-refractivity contribution in [3.05, 3.63) is 28.0 Å². The zero-order chi connectivity index (χ0) is 13.1. The molecular formula is C13H18BrFN2O. The maximum atomic E-state index is 13.6. The molecule has 18 heavy (non-hydrogen) atoms. The highest BCUT2D eigenvalue weighted by molar-refractivity contribution is 9.10. The van der Waals surface area contributed by atoms with E-state index in [1.807, 2.05) is 0 Å². The Labute approximate surface area is 115 Å². The molecule has 1 aliphatic rings. The van der Waals surface area contributed by atoms with E-state index in [2.05, 4.69) is 33.1 Å². The van der Waals surface area contributed by atoms with Crippen molar-refractivity contribution in [2.45, 2.75) is 19.5 Å². The Balaban J connectivity index is 2.19. The topological polar surface area (TPSA) is 24.5 Å². The lowest BCUT2D eigenvalue weighted by atomic mass is 10.1. The van der Waals surface area contributed by atoms with Crippen LogP contribution in [-0.4, -0.2) is 37.7 Å². The molecule has 0 amide bonds. The third kappa shape index (κ3) is 3.02. The van der Waals surface area contributed by atoms with Crippen molar-refractivity contribution in [1.29, 1.82) is 0 Å². The molecule has 1 saturated heterocycles. The lowest BCUT2D eigenvalue weighted by molar-refractivity contribution is 0.197. The molecule has 0 radical (unpaired) electrons. The number of hydrogen-bond donors (Lipinski definition) is 1. The summed E-state index contributed by atoms with van der Waals surface area (Å²) < 4.78 is 19.4. The number of ether oxygens (including phenoxy) is 1. The van der Waals surface area contributed by atoms with Gasteiger partial charge >= 0.3 is 0 Å². The summed E-state index contributed by atoms with van der Waals surface area (Å²) in [5.41, 5.74) is 0.881. The van der Waals surface area contributed by atoms with E-state index < -0.39 is 0 Å². The second-order valence-electron chi connectivity index (χ2n) is 4.63. The molecule has 0 spiro atoms. The number of benzene rings is 1. The molecule has 1 aromatic carbocycles. The first-order chi connectivity index (χ1) is 8.61. The van der Waals surface area contributed by atoms with Crippen LogP contribution in [0.4, 0.5) is 4.39 Å². The van der Waals surface area contributed by atoms with Crippen LogP contribution in [0.2, 0.25) is 0 Å². The molecule has 3 nitrogen and oxygen atoms in total. The fraction of sp³-hybridized carbons (Fsp3) is 0.538. The largest absolute Gasteiger partial charge is 0.496 e. The van der Waals surface area contributed by atoms with Crippen LogP contribution in [0.1, 0.15) is 12.5 Å². The number of piperazine rings is 1. The highest BCUT2D eigenvalue weighted by atomic mass is 79.9.